The highest BCUT2D eigenvalue weighted by Gasteiger charge is 2.17. The van der Waals surface area contributed by atoms with Crippen LogP contribution in [-0.2, 0) is 6.42 Å². The molecule has 4 rings (SSSR count). The molecule has 0 radical (unpaired) electrons. The summed E-state index contributed by atoms with van der Waals surface area (Å²) in [4.78, 5) is 16.0. The van der Waals surface area contributed by atoms with Crippen molar-refractivity contribution in [2.24, 2.45) is 0 Å². The molecule has 1 saturated heterocycles. The minimum Gasteiger partial charge on any atom is -0.386 e. The highest BCUT2D eigenvalue weighted by molar-refractivity contribution is 6.13. The molecule has 7 nitrogen and oxygen atoms in total. The summed E-state index contributed by atoms with van der Waals surface area (Å²) in [5.41, 5.74) is 5.52. The summed E-state index contributed by atoms with van der Waals surface area (Å²) in [6, 6.07) is 9.94. The Morgan fingerprint density at radius 2 is 2.00 bits per heavy atom. The lowest BCUT2D eigenvalue weighted by Crippen LogP contribution is -2.44. The number of nitrogens with one attached hydrogen (secondary N) is 3. The summed E-state index contributed by atoms with van der Waals surface area (Å²) in [7, 11) is 1.84. The topological polar surface area (TPSA) is 89.8 Å². The molecule has 3 N–H and O–H groups in total. The molecule has 0 saturated carbocycles. The second-order valence-corrected chi connectivity index (χ2v) is 7.29. The van der Waals surface area contributed by atoms with Crippen molar-refractivity contribution in [2.45, 2.75) is 13.3 Å². The van der Waals surface area contributed by atoms with Gasteiger partial charge in [0.2, 0.25) is 0 Å². The molecular formula is C23H27N7. The molecule has 4 heterocycles. The zero-order valence-corrected chi connectivity index (χ0v) is 17.4. The van der Waals surface area contributed by atoms with Crippen LogP contribution in [0, 0.1) is 5.41 Å². The second-order valence-electron chi connectivity index (χ2n) is 7.29. The summed E-state index contributed by atoms with van der Waals surface area (Å²) < 4.78 is 0. The molecule has 0 aromatic carbocycles. The van der Waals surface area contributed by atoms with Gasteiger partial charge in [-0.3, -0.25) is 15.4 Å². The second kappa shape index (κ2) is 9.00. The number of anilines is 2. The maximum atomic E-state index is 8.89. The summed E-state index contributed by atoms with van der Waals surface area (Å²) in [6.07, 6.45) is 6.38. The van der Waals surface area contributed by atoms with E-state index in [4.69, 9.17) is 10.4 Å². The van der Waals surface area contributed by atoms with E-state index in [0.29, 0.717) is 11.4 Å². The van der Waals surface area contributed by atoms with Crippen LogP contribution in [0.2, 0.25) is 0 Å². The van der Waals surface area contributed by atoms with E-state index in [2.05, 4.69) is 38.5 Å². The number of nitrogens with zero attached hydrogens (tertiary/aromatic N) is 4. The Kier molecular flexibility index (Phi) is 5.99. The first kappa shape index (κ1) is 20.0. The van der Waals surface area contributed by atoms with Crippen LogP contribution >= 0.6 is 0 Å². The number of rotatable bonds is 6. The van der Waals surface area contributed by atoms with Gasteiger partial charge in [0.15, 0.2) is 0 Å². The van der Waals surface area contributed by atoms with Gasteiger partial charge in [-0.15, -0.1) is 0 Å². The van der Waals surface area contributed by atoms with Crippen molar-refractivity contribution in [2.75, 3.05) is 43.4 Å². The molecule has 7 heteroatoms. The first-order chi connectivity index (χ1) is 14.7. The van der Waals surface area contributed by atoms with E-state index in [-0.39, 0.29) is 0 Å². The Labute approximate surface area is 177 Å². The highest BCUT2D eigenvalue weighted by Crippen LogP contribution is 2.25. The molecule has 0 unspecified atom stereocenters. The average Bonchev–Trinajstić information content (AvgIpc) is 2.84. The molecule has 3 aromatic heterocycles. The molecule has 0 aliphatic carbocycles. The van der Waals surface area contributed by atoms with Crippen LogP contribution in [-0.4, -0.2) is 53.9 Å². The van der Waals surface area contributed by atoms with Crippen LogP contribution < -0.4 is 15.5 Å². The van der Waals surface area contributed by atoms with E-state index in [1.165, 1.54) is 0 Å². The highest BCUT2D eigenvalue weighted by atomic mass is 15.2. The normalized spacial score (nSPS) is 13.9. The fraction of sp³-hybridized carbons (Fsp3) is 0.304. The average molecular weight is 402 g/mol. The first-order valence-electron chi connectivity index (χ1n) is 10.3. The SMILES string of the molecule is CCc1cncc(-c2cc(C(=N)c3cccc(N4CCNCC4)n3)c(NC)cn2)c1. The fourth-order valence-electron chi connectivity index (χ4n) is 3.61. The van der Waals surface area contributed by atoms with Gasteiger partial charge in [0.25, 0.3) is 0 Å². The van der Waals surface area contributed by atoms with E-state index in [1.807, 2.05) is 43.7 Å². The van der Waals surface area contributed by atoms with Gasteiger partial charge in [-0.1, -0.05) is 13.0 Å². The Hall–Kier alpha value is -3.32. The minimum atomic E-state index is 0.375. The van der Waals surface area contributed by atoms with Crippen LogP contribution in [0.5, 0.6) is 0 Å². The van der Waals surface area contributed by atoms with E-state index >= 15 is 0 Å². The van der Waals surface area contributed by atoms with Crippen LogP contribution in [0.25, 0.3) is 11.3 Å². The van der Waals surface area contributed by atoms with Gasteiger partial charge in [-0.25, -0.2) is 4.98 Å². The van der Waals surface area contributed by atoms with E-state index in [9.17, 15) is 0 Å². The summed E-state index contributed by atoms with van der Waals surface area (Å²) in [5, 5.41) is 15.4. The minimum absolute atomic E-state index is 0.375. The fourth-order valence-corrected chi connectivity index (χ4v) is 3.61. The third kappa shape index (κ3) is 4.16. The standard InChI is InChI=1S/C23H27N7/c1-3-16-11-17(14-27-13-16)20-12-18(21(25-2)15-28-20)23(24)19-5-4-6-22(29-19)30-9-7-26-8-10-30/h4-6,11-15,24-26H,3,7-10H2,1-2H3. The molecule has 0 amide bonds. The van der Waals surface area contributed by atoms with Crippen molar-refractivity contribution in [1.82, 2.24) is 20.3 Å². The predicted molar refractivity (Wildman–Crippen MR) is 122 cm³/mol. The van der Waals surface area contributed by atoms with Crippen LogP contribution in [0.15, 0.2) is 48.9 Å². The third-order valence-corrected chi connectivity index (χ3v) is 5.37. The molecule has 3 aromatic rings. The Morgan fingerprint density at radius 3 is 2.77 bits per heavy atom. The van der Waals surface area contributed by atoms with Gasteiger partial charge in [-0.2, -0.15) is 0 Å². The van der Waals surface area contributed by atoms with Crippen molar-refractivity contribution >= 4 is 17.2 Å². The van der Waals surface area contributed by atoms with Crippen LogP contribution in [0.1, 0.15) is 23.7 Å². The molecule has 30 heavy (non-hydrogen) atoms. The number of piperazine rings is 1. The van der Waals surface area contributed by atoms with Gasteiger partial charge in [-0.05, 0) is 36.2 Å². The molecule has 0 spiro atoms. The maximum Gasteiger partial charge on any atom is 0.129 e. The Bertz CT molecular complexity index is 1040. The first-order valence-corrected chi connectivity index (χ1v) is 10.3. The number of pyridine rings is 3. The van der Waals surface area contributed by atoms with Crippen molar-refractivity contribution < 1.29 is 0 Å². The van der Waals surface area contributed by atoms with Gasteiger partial charge < -0.3 is 15.5 Å². The smallest absolute Gasteiger partial charge is 0.129 e. The van der Waals surface area contributed by atoms with Crippen LogP contribution in [0.3, 0.4) is 0 Å². The van der Waals surface area contributed by atoms with Gasteiger partial charge in [0, 0.05) is 56.7 Å². The maximum absolute atomic E-state index is 8.89. The predicted octanol–water partition coefficient (Wildman–Crippen LogP) is 2.97. The largest absolute Gasteiger partial charge is 0.386 e. The summed E-state index contributed by atoms with van der Waals surface area (Å²) >= 11 is 0. The monoisotopic (exact) mass is 401 g/mol. The van der Waals surface area contributed by atoms with Crippen molar-refractivity contribution in [1.29, 1.82) is 5.41 Å². The number of hydrogen-bond donors (Lipinski definition) is 3. The Balaban J connectivity index is 1.69. The third-order valence-electron chi connectivity index (χ3n) is 5.37. The molecule has 154 valence electrons. The lowest BCUT2D eigenvalue weighted by molar-refractivity contribution is 0.585. The summed E-state index contributed by atoms with van der Waals surface area (Å²) in [6.45, 7) is 5.85. The van der Waals surface area contributed by atoms with Gasteiger partial charge in [0.05, 0.1) is 29.0 Å². The molecule has 0 atom stereocenters. The number of aromatic nitrogens is 3. The molecule has 1 fully saturated rings. The van der Waals surface area contributed by atoms with Crippen LogP contribution in [0.4, 0.5) is 11.5 Å². The molecule has 1 aliphatic rings. The van der Waals surface area contributed by atoms with Crippen molar-refractivity contribution in [3.63, 3.8) is 0 Å². The van der Waals surface area contributed by atoms with Gasteiger partial charge >= 0.3 is 0 Å². The van der Waals surface area contributed by atoms with E-state index in [1.54, 1.807) is 6.20 Å². The lowest BCUT2D eigenvalue weighted by atomic mass is 10.0. The Morgan fingerprint density at radius 1 is 1.17 bits per heavy atom. The van der Waals surface area contributed by atoms with E-state index in [0.717, 1.165) is 66.5 Å². The molecule has 1 aliphatic heterocycles. The lowest BCUT2D eigenvalue weighted by Gasteiger charge is -2.28. The number of aryl methyl sites for hydroxylation is 1. The van der Waals surface area contributed by atoms with E-state index < -0.39 is 0 Å². The zero-order chi connectivity index (χ0) is 20.9. The molecular weight excluding hydrogens is 374 g/mol. The van der Waals surface area contributed by atoms with Gasteiger partial charge in [0.1, 0.15) is 5.82 Å². The number of hydrogen-bond acceptors (Lipinski definition) is 7. The zero-order valence-electron chi connectivity index (χ0n) is 17.4. The molecule has 0 bridgehead atoms. The summed E-state index contributed by atoms with van der Waals surface area (Å²) in [5.74, 6) is 0.916. The van der Waals surface area contributed by atoms with Crippen molar-refractivity contribution in [3.05, 3.63) is 65.7 Å². The van der Waals surface area contributed by atoms with Crippen molar-refractivity contribution in [3.8, 4) is 11.3 Å². The quantitative estimate of drug-likeness (QED) is 0.550.